The number of ether oxygens (including phenoxy) is 1. The van der Waals surface area contributed by atoms with Gasteiger partial charge in [0.25, 0.3) is 5.91 Å². The number of hydrogen-bond donors (Lipinski definition) is 2. The lowest BCUT2D eigenvalue weighted by Crippen LogP contribution is -2.31. The molecular formula is C12H14N2O3. The molecule has 0 atom stereocenters. The fraction of sp³-hybridized carbons (Fsp3) is 0.333. The molecule has 0 unspecified atom stereocenters. The number of nitriles is 1. The molecule has 0 saturated carbocycles. The van der Waals surface area contributed by atoms with Gasteiger partial charge >= 0.3 is 0 Å². The van der Waals surface area contributed by atoms with Gasteiger partial charge in [-0.2, -0.15) is 5.26 Å². The standard InChI is InChI=1S/C12H14N2O3/c13-6-5-10-1-3-11(4-2-10)17-9-12(16)14-7-8-15/h1-4,15H,5,7-9H2,(H,14,16). The number of nitrogens with zero attached hydrogens (tertiary/aromatic N) is 1. The van der Waals surface area contributed by atoms with Crippen LogP contribution in [-0.2, 0) is 11.2 Å². The Labute approximate surface area is 99.6 Å². The zero-order chi connectivity index (χ0) is 12.5. The molecule has 90 valence electrons. The lowest BCUT2D eigenvalue weighted by atomic mass is 10.2. The van der Waals surface area contributed by atoms with Crippen LogP contribution < -0.4 is 10.1 Å². The molecule has 1 aromatic carbocycles. The highest BCUT2D eigenvalue weighted by Gasteiger charge is 2.01. The Kier molecular flexibility index (Phi) is 5.55. The van der Waals surface area contributed by atoms with Gasteiger partial charge in [-0.1, -0.05) is 12.1 Å². The van der Waals surface area contributed by atoms with E-state index in [1.807, 2.05) is 6.07 Å². The molecule has 0 spiro atoms. The quantitative estimate of drug-likeness (QED) is 0.738. The van der Waals surface area contributed by atoms with Gasteiger partial charge in [0, 0.05) is 6.54 Å². The molecule has 17 heavy (non-hydrogen) atoms. The first-order chi connectivity index (χ1) is 8.26. The third-order valence-corrected chi connectivity index (χ3v) is 2.01. The lowest BCUT2D eigenvalue weighted by molar-refractivity contribution is -0.123. The van der Waals surface area contributed by atoms with Crippen molar-refractivity contribution in [2.24, 2.45) is 0 Å². The molecule has 0 fully saturated rings. The summed E-state index contributed by atoms with van der Waals surface area (Å²) < 4.78 is 5.22. The van der Waals surface area contributed by atoms with Crippen LogP contribution in [0.4, 0.5) is 0 Å². The third kappa shape index (κ3) is 5.00. The first-order valence-electron chi connectivity index (χ1n) is 5.22. The van der Waals surface area contributed by atoms with E-state index in [1.54, 1.807) is 24.3 Å². The van der Waals surface area contributed by atoms with Crippen LogP contribution in [-0.4, -0.2) is 30.8 Å². The number of carbonyl (C=O) groups excluding carboxylic acids is 1. The maximum absolute atomic E-state index is 11.2. The highest BCUT2D eigenvalue weighted by atomic mass is 16.5. The van der Waals surface area contributed by atoms with Crippen molar-refractivity contribution in [1.29, 1.82) is 5.26 Å². The summed E-state index contributed by atoms with van der Waals surface area (Å²) in [6, 6.07) is 9.04. The summed E-state index contributed by atoms with van der Waals surface area (Å²) in [6.07, 6.45) is 0.358. The summed E-state index contributed by atoms with van der Waals surface area (Å²) in [4.78, 5) is 11.2. The van der Waals surface area contributed by atoms with Gasteiger partial charge in [-0.3, -0.25) is 4.79 Å². The van der Waals surface area contributed by atoms with Crippen molar-refractivity contribution < 1.29 is 14.6 Å². The summed E-state index contributed by atoms with van der Waals surface area (Å²) in [5.41, 5.74) is 0.907. The largest absolute Gasteiger partial charge is 0.484 e. The van der Waals surface area contributed by atoms with Crippen molar-refractivity contribution in [2.75, 3.05) is 19.8 Å². The zero-order valence-electron chi connectivity index (χ0n) is 9.35. The van der Waals surface area contributed by atoms with Gasteiger partial charge in [-0.25, -0.2) is 0 Å². The van der Waals surface area contributed by atoms with Crippen molar-refractivity contribution in [3.63, 3.8) is 0 Å². The number of carbonyl (C=O) groups is 1. The molecule has 0 radical (unpaired) electrons. The topological polar surface area (TPSA) is 82.3 Å². The molecule has 1 amide bonds. The van der Waals surface area contributed by atoms with Crippen molar-refractivity contribution in [3.8, 4) is 11.8 Å². The summed E-state index contributed by atoms with van der Waals surface area (Å²) in [6.45, 7) is 0.0511. The summed E-state index contributed by atoms with van der Waals surface area (Å²) in [7, 11) is 0. The van der Waals surface area contributed by atoms with E-state index >= 15 is 0 Å². The van der Waals surface area contributed by atoms with Crippen LogP contribution >= 0.6 is 0 Å². The SMILES string of the molecule is N#CCc1ccc(OCC(=O)NCCO)cc1. The van der Waals surface area contributed by atoms with Crippen LogP contribution in [0.5, 0.6) is 5.75 Å². The number of aliphatic hydroxyl groups is 1. The van der Waals surface area contributed by atoms with Crippen LogP contribution in [0.2, 0.25) is 0 Å². The predicted octanol–water partition coefficient (Wildman–Crippen LogP) is 0.240. The number of hydrogen-bond acceptors (Lipinski definition) is 4. The molecule has 0 heterocycles. The molecule has 0 aromatic heterocycles. The van der Waals surface area contributed by atoms with Gasteiger partial charge < -0.3 is 15.2 Å². The molecule has 0 saturated heterocycles. The molecule has 5 heteroatoms. The van der Waals surface area contributed by atoms with E-state index in [0.717, 1.165) is 5.56 Å². The molecule has 1 rings (SSSR count). The van der Waals surface area contributed by atoms with E-state index in [1.165, 1.54) is 0 Å². The van der Waals surface area contributed by atoms with Gasteiger partial charge in [-0.15, -0.1) is 0 Å². The van der Waals surface area contributed by atoms with E-state index in [2.05, 4.69) is 5.32 Å². The summed E-state index contributed by atoms with van der Waals surface area (Å²) >= 11 is 0. The minimum atomic E-state index is -0.278. The van der Waals surface area contributed by atoms with Crippen LogP contribution in [0.3, 0.4) is 0 Å². The van der Waals surface area contributed by atoms with Gasteiger partial charge in [0.2, 0.25) is 0 Å². The second kappa shape index (κ2) is 7.25. The Morgan fingerprint density at radius 3 is 2.71 bits per heavy atom. The van der Waals surface area contributed by atoms with Crippen molar-refractivity contribution in [2.45, 2.75) is 6.42 Å². The van der Waals surface area contributed by atoms with Crippen LogP contribution in [0, 0.1) is 11.3 Å². The van der Waals surface area contributed by atoms with Crippen LogP contribution in [0.15, 0.2) is 24.3 Å². The second-order valence-electron chi connectivity index (χ2n) is 3.34. The van der Waals surface area contributed by atoms with E-state index in [0.29, 0.717) is 12.2 Å². The molecule has 0 aliphatic rings. The number of aliphatic hydroxyl groups excluding tert-OH is 1. The second-order valence-corrected chi connectivity index (χ2v) is 3.34. The smallest absolute Gasteiger partial charge is 0.258 e. The first-order valence-corrected chi connectivity index (χ1v) is 5.22. The highest BCUT2D eigenvalue weighted by Crippen LogP contribution is 2.12. The molecular weight excluding hydrogens is 220 g/mol. The van der Waals surface area contributed by atoms with E-state index < -0.39 is 0 Å². The molecule has 0 bridgehead atoms. The van der Waals surface area contributed by atoms with Gasteiger partial charge in [0.05, 0.1) is 19.1 Å². The summed E-state index contributed by atoms with van der Waals surface area (Å²) in [5, 5.41) is 19.5. The number of rotatable bonds is 6. The van der Waals surface area contributed by atoms with Crippen molar-refractivity contribution >= 4 is 5.91 Å². The fourth-order valence-electron chi connectivity index (χ4n) is 1.19. The average Bonchev–Trinajstić information content (AvgIpc) is 2.36. The minimum Gasteiger partial charge on any atom is -0.484 e. The molecule has 0 aliphatic heterocycles. The normalized spacial score (nSPS) is 9.41. The lowest BCUT2D eigenvalue weighted by Gasteiger charge is -2.06. The van der Waals surface area contributed by atoms with Crippen LogP contribution in [0.25, 0.3) is 0 Å². The maximum Gasteiger partial charge on any atom is 0.258 e. The van der Waals surface area contributed by atoms with Gasteiger partial charge in [-0.05, 0) is 17.7 Å². The summed E-state index contributed by atoms with van der Waals surface area (Å²) in [5.74, 6) is 0.297. The van der Waals surface area contributed by atoms with Crippen molar-refractivity contribution in [1.82, 2.24) is 5.32 Å². The van der Waals surface area contributed by atoms with E-state index in [9.17, 15) is 4.79 Å². The molecule has 5 nitrogen and oxygen atoms in total. The van der Waals surface area contributed by atoms with Crippen LogP contribution in [0.1, 0.15) is 5.56 Å². The Morgan fingerprint density at radius 1 is 1.41 bits per heavy atom. The molecule has 2 N–H and O–H groups in total. The molecule has 0 aliphatic carbocycles. The Bertz CT molecular complexity index is 395. The average molecular weight is 234 g/mol. The van der Waals surface area contributed by atoms with Gasteiger partial charge in [0.1, 0.15) is 5.75 Å². The van der Waals surface area contributed by atoms with Crippen molar-refractivity contribution in [3.05, 3.63) is 29.8 Å². The number of amides is 1. The van der Waals surface area contributed by atoms with E-state index in [4.69, 9.17) is 15.1 Å². The number of benzene rings is 1. The Morgan fingerprint density at radius 2 is 2.12 bits per heavy atom. The predicted molar refractivity (Wildman–Crippen MR) is 61.3 cm³/mol. The Balaban J connectivity index is 2.37. The minimum absolute atomic E-state index is 0.0857. The molecule has 1 aromatic rings. The Hall–Kier alpha value is -2.06. The maximum atomic E-state index is 11.2. The van der Waals surface area contributed by atoms with E-state index in [-0.39, 0.29) is 25.7 Å². The first kappa shape index (κ1) is 13.0. The highest BCUT2D eigenvalue weighted by molar-refractivity contribution is 5.77. The number of nitrogens with one attached hydrogen (secondary N) is 1. The third-order valence-electron chi connectivity index (χ3n) is 2.01. The zero-order valence-corrected chi connectivity index (χ0v) is 9.35. The fourth-order valence-corrected chi connectivity index (χ4v) is 1.19. The van der Waals surface area contributed by atoms with Gasteiger partial charge in [0.15, 0.2) is 6.61 Å². The monoisotopic (exact) mass is 234 g/mol.